The van der Waals surface area contributed by atoms with Crippen molar-refractivity contribution in [1.82, 2.24) is 0 Å². The Morgan fingerprint density at radius 1 is 1.80 bits per heavy atom. The lowest BCUT2D eigenvalue weighted by atomic mass is 10.2. The largest absolute Gasteiger partial charge is 0.694 e. The van der Waals surface area contributed by atoms with E-state index in [1.165, 1.54) is 0 Å². The molecule has 0 spiro atoms. The van der Waals surface area contributed by atoms with Gasteiger partial charge in [-0.3, -0.25) is 0 Å². The van der Waals surface area contributed by atoms with E-state index in [-0.39, 0.29) is 12.7 Å². The Kier molecular flexibility index (Phi) is 3.22. The van der Waals surface area contributed by atoms with Crippen molar-refractivity contribution in [3.63, 3.8) is 0 Å². The van der Waals surface area contributed by atoms with Gasteiger partial charge < -0.3 is 4.74 Å². The minimum absolute atomic E-state index is 0.0334. The second kappa shape index (κ2) is 3.98. The van der Waals surface area contributed by atoms with Gasteiger partial charge in [-0.2, -0.15) is 0 Å². The number of ether oxygens (including phenoxy) is 1. The third-order valence-electron chi connectivity index (χ3n) is 1.39. The summed E-state index contributed by atoms with van der Waals surface area (Å²) >= 11 is 0. The van der Waals surface area contributed by atoms with Crippen LogP contribution < -0.4 is 0 Å². The molecule has 5 heteroatoms. The van der Waals surface area contributed by atoms with Gasteiger partial charge >= 0.3 is 8.25 Å². The van der Waals surface area contributed by atoms with Crippen LogP contribution in [0.5, 0.6) is 0 Å². The molecule has 0 radical (unpaired) electrons. The third-order valence-corrected chi connectivity index (χ3v) is 1.76. The average Bonchev–Trinajstić information content (AvgIpc) is 2.34. The molecule has 4 nitrogen and oxygen atoms in total. The maximum atomic E-state index is 10.0. The Balaban J connectivity index is 2.07. The zero-order chi connectivity index (χ0) is 7.40. The van der Waals surface area contributed by atoms with Crippen molar-refractivity contribution >= 4 is 8.25 Å². The maximum absolute atomic E-state index is 10.0. The van der Waals surface area contributed by atoms with Gasteiger partial charge in [-0.25, -0.2) is 0 Å². The van der Waals surface area contributed by atoms with Crippen molar-refractivity contribution in [2.24, 2.45) is 0 Å². The molecule has 0 aromatic carbocycles. The molecule has 1 heterocycles. The van der Waals surface area contributed by atoms with Gasteiger partial charge in [0.05, 0.1) is 6.10 Å². The Hall–Kier alpha value is -0.0200. The quantitative estimate of drug-likeness (QED) is 0.629. The number of hydrogen-bond acceptors (Lipinski definition) is 3. The molecule has 0 amide bonds. The summed E-state index contributed by atoms with van der Waals surface area (Å²) in [6.45, 7) is 0.988. The summed E-state index contributed by atoms with van der Waals surface area (Å²) in [5.41, 5.74) is 0. The summed E-state index contributed by atoms with van der Waals surface area (Å²) < 4.78 is 19.6. The lowest BCUT2D eigenvalue weighted by Crippen LogP contribution is -2.11. The molecular weight excluding hydrogens is 155 g/mol. The van der Waals surface area contributed by atoms with Gasteiger partial charge in [0.15, 0.2) is 0 Å². The van der Waals surface area contributed by atoms with Crippen LogP contribution >= 0.6 is 8.25 Å². The zero-order valence-corrected chi connectivity index (χ0v) is 6.42. The average molecular weight is 165 g/mol. The van der Waals surface area contributed by atoms with E-state index in [0.29, 0.717) is 0 Å². The Labute approximate surface area is 60.1 Å². The molecule has 1 aliphatic heterocycles. The highest BCUT2D eigenvalue weighted by Gasteiger charge is 2.21. The highest BCUT2D eigenvalue weighted by atomic mass is 31.1. The molecule has 1 rings (SSSR count). The van der Waals surface area contributed by atoms with Crippen LogP contribution in [0.4, 0.5) is 0 Å². The van der Waals surface area contributed by atoms with Crippen molar-refractivity contribution in [2.45, 2.75) is 18.9 Å². The second-order valence-corrected chi connectivity index (χ2v) is 2.90. The van der Waals surface area contributed by atoms with Crippen molar-refractivity contribution in [3.05, 3.63) is 0 Å². The molecule has 2 atom stereocenters. The first-order chi connectivity index (χ1) is 4.79. The highest BCUT2D eigenvalue weighted by molar-refractivity contribution is 7.32. The van der Waals surface area contributed by atoms with Crippen LogP contribution in [-0.4, -0.2) is 24.2 Å². The minimum atomic E-state index is -2.45. The molecule has 0 aromatic rings. The first-order valence-corrected chi connectivity index (χ1v) is 4.32. The molecule has 1 unspecified atom stereocenters. The molecule has 0 saturated carbocycles. The van der Waals surface area contributed by atoms with Crippen LogP contribution in [0.3, 0.4) is 0 Å². The normalized spacial score (nSPS) is 26.9. The van der Waals surface area contributed by atoms with Gasteiger partial charge in [0.1, 0.15) is 6.61 Å². The molecule has 1 saturated heterocycles. The third kappa shape index (κ3) is 2.71. The van der Waals surface area contributed by atoms with Crippen LogP contribution in [-0.2, 0) is 13.8 Å². The first kappa shape index (κ1) is 8.08. The molecule has 0 aromatic heterocycles. The van der Waals surface area contributed by atoms with Gasteiger partial charge in [-0.15, -0.1) is 9.42 Å². The van der Waals surface area contributed by atoms with Crippen molar-refractivity contribution in [3.8, 4) is 0 Å². The predicted octanol–water partition coefficient (Wildman–Crippen LogP) is 0.832. The van der Waals surface area contributed by atoms with E-state index in [4.69, 9.17) is 9.63 Å². The van der Waals surface area contributed by atoms with Gasteiger partial charge in [0, 0.05) is 11.2 Å². The first-order valence-electron chi connectivity index (χ1n) is 3.19. The lowest BCUT2D eigenvalue weighted by Gasteiger charge is -2.01. The summed E-state index contributed by atoms with van der Waals surface area (Å²) in [5, 5.41) is 0. The van der Waals surface area contributed by atoms with Crippen molar-refractivity contribution in [1.29, 1.82) is 0 Å². The minimum Gasteiger partial charge on any atom is -0.376 e. The van der Waals surface area contributed by atoms with Crippen LogP contribution in [0.25, 0.3) is 0 Å². The van der Waals surface area contributed by atoms with Crippen LogP contribution in [0.1, 0.15) is 12.8 Å². The molecule has 1 fully saturated rings. The van der Waals surface area contributed by atoms with E-state index in [9.17, 15) is 4.57 Å². The van der Waals surface area contributed by atoms with Crippen LogP contribution in [0.2, 0.25) is 0 Å². The number of hydrogen-bond donors (Lipinski definition) is 1. The van der Waals surface area contributed by atoms with E-state index >= 15 is 0 Å². The fourth-order valence-electron chi connectivity index (χ4n) is 0.923. The summed E-state index contributed by atoms with van der Waals surface area (Å²) in [6.07, 6.45) is 1.99. The molecule has 10 heavy (non-hydrogen) atoms. The predicted molar refractivity (Wildman–Crippen MR) is 34.8 cm³/mol. The number of rotatable bonds is 3. The van der Waals surface area contributed by atoms with Crippen LogP contribution in [0.15, 0.2) is 0 Å². The van der Waals surface area contributed by atoms with Gasteiger partial charge in [-0.1, -0.05) is 0 Å². The Morgan fingerprint density at radius 3 is 3.10 bits per heavy atom. The van der Waals surface area contributed by atoms with E-state index in [2.05, 4.69) is 4.52 Å². The molecule has 1 aliphatic rings. The smallest absolute Gasteiger partial charge is 0.376 e. The highest BCUT2D eigenvalue weighted by Crippen LogP contribution is 2.19. The lowest BCUT2D eigenvalue weighted by molar-refractivity contribution is 0.0666. The second-order valence-electron chi connectivity index (χ2n) is 2.17. The molecule has 0 bridgehead atoms. The molecular formula is C5H10O4P+. The van der Waals surface area contributed by atoms with Crippen molar-refractivity contribution in [2.75, 3.05) is 13.2 Å². The van der Waals surface area contributed by atoms with E-state index < -0.39 is 8.25 Å². The molecule has 1 N–H and O–H groups in total. The fourth-order valence-corrected chi connectivity index (χ4v) is 1.22. The summed E-state index contributed by atoms with van der Waals surface area (Å²) in [6, 6.07) is 0. The van der Waals surface area contributed by atoms with Crippen molar-refractivity contribution < 1.29 is 18.7 Å². The fraction of sp³-hybridized carbons (Fsp3) is 1.00. The van der Waals surface area contributed by atoms with Gasteiger partial charge in [0.2, 0.25) is 0 Å². The Morgan fingerprint density at radius 2 is 2.60 bits per heavy atom. The summed E-state index contributed by atoms with van der Waals surface area (Å²) in [5.74, 6) is 0. The monoisotopic (exact) mass is 165 g/mol. The van der Waals surface area contributed by atoms with E-state index in [1.807, 2.05) is 0 Å². The van der Waals surface area contributed by atoms with Crippen LogP contribution in [0, 0.1) is 0 Å². The SMILES string of the molecule is O=[P+](O)OC[C@@H]1CCCO1. The summed E-state index contributed by atoms with van der Waals surface area (Å²) in [4.78, 5) is 8.24. The zero-order valence-electron chi connectivity index (χ0n) is 5.52. The topological polar surface area (TPSA) is 55.8 Å². The Bertz CT molecular complexity index is 121. The van der Waals surface area contributed by atoms with E-state index in [1.54, 1.807) is 0 Å². The van der Waals surface area contributed by atoms with E-state index in [0.717, 1.165) is 19.4 Å². The van der Waals surface area contributed by atoms with Gasteiger partial charge in [0.25, 0.3) is 0 Å². The summed E-state index contributed by atoms with van der Waals surface area (Å²) in [7, 11) is -2.45. The maximum Gasteiger partial charge on any atom is 0.694 e. The standard InChI is InChI=1S/C5H9O4P/c6-10(7)9-4-5-2-1-3-8-5/h5H,1-4H2/p+1/t5-/m0/s1. The molecule has 58 valence electrons. The molecule has 0 aliphatic carbocycles. The van der Waals surface area contributed by atoms with Gasteiger partial charge in [-0.05, 0) is 12.8 Å².